The maximum absolute atomic E-state index is 5.60. The number of aromatic nitrogens is 1. The minimum absolute atomic E-state index is 0.156. The molecule has 1 aromatic heterocycles. The largest absolute Gasteiger partial charge is 0.377 e. The van der Waals surface area contributed by atoms with Crippen LogP contribution in [0.2, 0.25) is 0 Å². The molecule has 2 atom stereocenters. The van der Waals surface area contributed by atoms with Crippen LogP contribution in [0, 0.1) is 6.92 Å². The van der Waals surface area contributed by atoms with Gasteiger partial charge in [-0.1, -0.05) is 6.07 Å². The molecule has 0 saturated heterocycles. The Labute approximate surface area is 91.9 Å². The van der Waals surface area contributed by atoms with Gasteiger partial charge in [0.05, 0.1) is 12.1 Å². The average molecular weight is 208 g/mol. The van der Waals surface area contributed by atoms with E-state index in [1.165, 1.54) is 11.1 Å². The lowest BCUT2D eigenvalue weighted by Gasteiger charge is -2.23. The molecule has 15 heavy (non-hydrogen) atoms. The van der Waals surface area contributed by atoms with Crippen molar-refractivity contribution in [3.63, 3.8) is 0 Å². The molecule has 0 aliphatic heterocycles. The van der Waals surface area contributed by atoms with Crippen LogP contribution in [0.25, 0.3) is 0 Å². The Morgan fingerprint density at radius 3 is 2.73 bits per heavy atom. The molecule has 1 heterocycles. The van der Waals surface area contributed by atoms with Crippen molar-refractivity contribution < 1.29 is 4.74 Å². The fourth-order valence-electron chi connectivity index (χ4n) is 1.78. The minimum Gasteiger partial charge on any atom is -0.377 e. The van der Waals surface area contributed by atoms with Crippen molar-refractivity contribution in [3.8, 4) is 0 Å². The first-order valence-corrected chi connectivity index (χ1v) is 5.39. The molecule has 0 aliphatic carbocycles. The molecule has 84 valence electrons. The van der Waals surface area contributed by atoms with Gasteiger partial charge in [0.15, 0.2) is 0 Å². The monoisotopic (exact) mass is 208 g/mol. The zero-order valence-electron chi connectivity index (χ0n) is 9.95. The summed E-state index contributed by atoms with van der Waals surface area (Å²) in [6.45, 7) is 6.87. The molecule has 0 saturated carbocycles. The van der Waals surface area contributed by atoms with Crippen LogP contribution >= 0.6 is 0 Å². The summed E-state index contributed by atoms with van der Waals surface area (Å²) < 4.78 is 5.60. The third kappa shape index (κ3) is 3.29. The molecule has 0 radical (unpaired) electrons. The summed E-state index contributed by atoms with van der Waals surface area (Å²) in [7, 11) is 1.95. The number of ether oxygens (including phenoxy) is 1. The first-order chi connectivity index (χ1) is 7.19. The van der Waals surface area contributed by atoms with Crippen LogP contribution in [0.1, 0.15) is 31.0 Å². The number of hydrogen-bond acceptors (Lipinski definition) is 3. The summed E-state index contributed by atoms with van der Waals surface area (Å²) in [4.78, 5) is 4.20. The minimum atomic E-state index is 0.156. The maximum Gasteiger partial charge on any atom is 0.0741 e. The second kappa shape index (κ2) is 5.83. The second-order valence-electron chi connectivity index (χ2n) is 3.72. The van der Waals surface area contributed by atoms with Crippen molar-refractivity contribution in [2.45, 2.75) is 32.9 Å². The van der Waals surface area contributed by atoms with E-state index in [-0.39, 0.29) is 12.1 Å². The third-order valence-corrected chi connectivity index (χ3v) is 2.47. The van der Waals surface area contributed by atoms with E-state index >= 15 is 0 Å². The van der Waals surface area contributed by atoms with Gasteiger partial charge in [-0.05, 0) is 38.9 Å². The summed E-state index contributed by atoms with van der Waals surface area (Å²) in [5, 5.41) is 3.27. The first kappa shape index (κ1) is 12.1. The van der Waals surface area contributed by atoms with E-state index in [0.717, 1.165) is 6.61 Å². The number of rotatable bonds is 5. The van der Waals surface area contributed by atoms with Gasteiger partial charge in [0, 0.05) is 19.0 Å². The summed E-state index contributed by atoms with van der Waals surface area (Å²) in [6.07, 6.45) is 3.91. The van der Waals surface area contributed by atoms with E-state index in [9.17, 15) is 0 Å². The van der Waals surface area contributed by atoms with Gasteiger partial charge in [-0.2, -0.15) is 0 Å². The van der Waals surface area contributed by atoms with Crippen molar-refractivity contribution in [1.82, 2.24) is 10.3 Å². The van der Waals surface area contributed by atoms with Crippen LogP contribution < -0.4 is 5.32 Å². The van der Waals surface area contributed by atoms with E-state index in [0.29, 0.717) is 0 Å². The summed E-state index contributed by atoms with van der Waals surface area (Å²) >= 11 is 0. The molecule has 2 unspecified atom stereocenters. The van der Waals surface area contributed by atoms with Crippen molar-refractivity contribution in [3.05, 3.63) is 29.6 Å². The highest BCUT2D eigenvalue weighted by Gasteiger charge is 2.17. The molecule has 1 aromatic rings. The molecule has 0 bridgehead atoms. The SMILES string of the molecule is CCOC(C)C(NC)c1cncc(C)c1. The molecule has 3 heteroatoms. The maximum atomic E-state index is 5.60. The number of likely N-dealkylation sites (N-methyl/N-ethyl adjacent to an activating group) is 1. The second-order valence-corrected chi connectivity index (χ2v) is 3.72. The van der Waals surface area contributed by atoms with Crippen LogP contribution in [0.15, 0.2) is 18.5 Å². The van der Waals surface area contributed by atoms with Crippen LogP contribution in [-0.2, 0) is 4.74 Å². The van der Waals surface area contributed by atoms with Crippen molar-refractivity contribution in [2.24, 2.45) is 0 Å². The van der Waals surface area contributed by atoms with E-state index in [1.807, 2.05) is 26.4 Å². The highest BCUT2D eigenvalue weighted by atomic mass is 16.5. The van der Waals surface area contributed by atoms with E-state index < -0.39 is 0 Å². The number of nitrogens with zero attached hydrogens (tertiary/aromatic N) is 1. The lowest BCUT2D eigenvalue weighted by atomic mass is 10.0. The zero-order chi connectivity index (χ0) is 11.3. The van der Waals surface area contributed by atoms with Crippen molar-refractivity contribution in [2.75, 3.05) is 13.7 Å². The standard InChI is InChI=1S/C12H20N2O/c1-5-15-10(3)12(13-4)11-6-9(2)7-14-8-11/h6-8,10,12-13H,5H2,1-4H3. The normalized spacial score (nSPS) is 14.9. The number of pyridine rings is 1. The van der Waals surface area contributed by atoms with Crippen LogP contribution in [0.5, 0.6) is 0 Å². The van der Waals surface area contributed by atoms with Gasteiger partial charge < -0.3 is 10.1 Å². The fourth-order valence-corrected chi connectivity index (χ4v) is 1.78. The number of nitrogens with one attached hydrogen (secondary N) is 1. The fraction of sp³-hybridized carbons (Fsp3) is 0.583. The highest BCUT2D eigenvalue weighted by molar-refractivity contribution is 5.21. The molecule has 1 N–H and O–H groups in total. The predicted octanol–water partition coefficient (Wildman–Crippen LogP) is 2.08. The molecule has 3 nitrogen and oxygen atoms in total. The van der Waals surface area contributed by atoms with Crippen LogP contribution in [0.3, 0.4) is 0 Å². The molecule has 0 spiro atoms. The van der Waals surface area contributed by atoms with E-state index in [2.05, 4.69) is 30.2 Å². The summed E-state index contributed by atoms with van der Waals surface area (Å²) in [6, 6.07) is 2.35. The van der Waals surface area contributed by atoms with Gasteiger partial charge in [0.1, 0.15) is 0 Å². The average Bonchev–Trinajstić information content (AvgIpc) is 2.19. The number of aryl methyl sites for hydroxylation is 1. The van der Waals surface area contributed by atoms with Crippen molar-refractivity contribution in [1.29, 1.82) is 0 Å². The van der Waals surface area contributed by atoms with Gasteiger partial charge in [0.2, 0.25) is 0 Å². The van der Waals surface area contributed by atoms with Gasteiger partial charge in [-0.3, -0.25) is 4.98 Å². The Morgan fingerprint density at radius 1 is 1.47 bits per heavy atom. The smallest absolute Gasteiger partial charge is 0.0741 e. The van der Waals surface area contributed by atoms with Gasteiger partial charge in [-0.15, -0.1) is 0 Å². The topological polar surface area (TPSA) is 34.1 Å². The Morgan fingerprint density at radius 2 is 2.20 bits per heavy atom. The quantitative estimate of drug-likeness (QED) is 0.804. The van der Waals surface area contributed by atoms with Crippen LogP contribution in [0.4, 0.5) is 0 Å². The lowest BCUT2D eigenvalue weighted by molar-refractivity contribution is 0.0492. The third-order valence-electron chi connectivity index (χ3n) is 2.47. The Kier molecular flexibility index (Phi) is 4.72. The molecular formula is C12H20N2O. The van der Waals surface area contributed by atoms with Gasteiger partial charge in [-0.25, -0.2) is 0 Å². The van der Waals surface area contributed by atoms with E-state index in [1.54, 1.807) is 0 Å². The molecule has 0 amide bonds. The first-order valence-electron chi connectivity index (χ1n) is 5.39. The molecule has 0 aliphatic rings. The lowest BCUT2D eigenvalue weighted by Crippen LogP contribution is -2.29. The molecule has 0 fully saturated rings. The zero-order valence-corrected chi connectivity index (χ0v) is 9.95. The Hall–Kier alpha value is -0.930. The van der Waals surface area contributed by atoms with Gasteiger partial charge >= 0.3 is 0 Å². The summed E-state index contributed by atoms with van der Waals surface area (Å²) in [5.41, 5.74) is 2.36. The Bertz CT molecular complexity index is 301. The summed E-state index contributed by atoms with van der Waals surface area (Å²) in [5.74, 6) is 0. The van der Waals surface area contributed by atoms with Gasteiger partial charge in [0.25, 0.3) is 0 Å². The molecular weight excluding hydrogens is 188 g/mol. The Balaban J connectivity index is 2.82. The van der Waals surface area contributed by atoms with Crippen LogP contribution in [-0.4, -0.2) is 24.7 Å². The predicted molar refractivity (Wildman–Crippen MR) is 61.9 cm³/mol. The van der Waals surface area contributed by atoms with E-state index in [4.69, 9.17) is 4.74 Å². The molecule has 0 aromatic carbocycles. The number of hydrogen-bond donors (Lipinski definition) is 1. The highest BCUT2D eigenvalue weighted by Crippen LogP contribution is 2.18. The van der Waals surface area contributed by atoms with Crippen molar-refractivity contribution >= 4 is 0 Å². The molecule has 1 rings (SSSR count).